The normalized spacial score (nSPS) is 13.0. The molecule has 0 bridgehead atoms. The van der Waals surface area contributed by atoms with Crippen LogP contribution in [0.5, 0.6) is 11.5 Å². The zero-order valence-electron chi connectivity index (χ0n) is 16.0. The molecule has 0 unspecified atom stereocenters. The number of ketones is 1. The van der Waals surface area contributed by atoms with Gasteiger partial charge in [-0.15, -0.1) is 10.2 Å². The van der Waals surface area contributed by atoms with E-state index in [1.165, 1.54) is 11.8 Å². The molecule has 2 heterocycles. The van der Waals surface area contributed by atoms with E-state index in [9.17, 15) is 9.59 Å². The molecule has 1 aromatic heterocycles. The van der Waals surface area contributed by atoms with Gasteiger partial charge in [-0.2, -0.15) is 0 Å². The monoisotopic (exact) mass is 404 g/mol. The number of aromatic nitrogens is 3. The van der Waals surface area contributed by atoms with E-state index in [1.54, 1.807) is 18.2 Å². The molecule has 9 heteroatoms. The van der Waals surface area contributed by atoms with E-state index in [2.05, 4.69) is 24.0 Å². The first kappa shape index (κ1) is 20.2. The average molecular weight is 404 g/mol. The van der Waals surface area contributed by atoms with Crippen LogP contribution >= 0.6 is 11.8 Å². The van der Waals surface area contributed by atoms with Gasteiger partial charge in [-0.1, -0.05) is 25.6 Å². The van der Waals surface area contributed by atoms with Gasteiger partial charge in [-0.05, 0) is 24.1 Å². The highest BCUT2D eigenvalue weighted by Crippen LogP contribution is 2.31. The number of ether oxygens (including phenoxy) is 2. The lowest BCUT2D eigenvalue weighted by molar-refractivity contribution is -0.118. The fraction of sp³-hybridized carbons (Fsp3) is 0.474. The first-order valence-corrected chi connectivity index (χ1v) is 10.2. The molecule has 0 aliphatic carbocycles. The summed E-state index contributed by atoms with van der Waals surface area (Å²) in [5, 5.41) is 9.06. The van der Waals surface area contributed by atoms with E-state index in [0.29, 0.717) is 60.1 Å². The summed E-state index contributed by atoms with van der Waals surface area (Å²) in [5.74, 6) is 2.16. The number of carbonyl (C=O) groups excluding carboxylic acids is 2. The fourth-order valence-corrected chi connectivity index (χ4v) is 3.69. The molecule has 28 heavy (non-hydrogen) atoms. The molecule has 0 saturated carbocycles. The summed E-state index contributed by atoms with van der Waals surface area (Å²) in [6.45, 7) is 5.88. The third-order valence-corrected chi connectivity index (χ3v) is 5.10. The van der Waals surface area contributed by atoms with Crippen molar-refractivity contribution in [1.29, 1.82) is 0 Å². The number of aryl methyl sites for hydroxylation is 1. The van der Waals surface area contributed by atoms with Gasteiger partial charge in [-0.25, -0.2) is 0 Å². The summed E-state index contributed by atoms with van der Waals surface area (Å²) in [6.07, 6.45) is 0.655. The van der Waals surface area contributed by atoms with Gasteiger partial charge in [0.25, 0.3) is 0 Å². The molecule has 0 saturated heterocycles. The van der Waals surface area contributed by atoms with Crippen molar-refractivity contribution < 1.29 is 19.1 Å². The van der Waals surface area contributed by atoms with Gasteiger partial charge in [-0.3, -0.25) is 9.59 Å². The quantitative estimate of drug-likeness (QED) is 0.503. The summed E-state index contributed by atoms with van der Waals surface area (Å²) >= 11 is 1.34. The number of benzene rings is 1. The van der Waals surface area contributed by atoms with Crippen molar-refractivity contribution in [2.24, 2.45) is 11.7 Å². The van der Waals surface area contributed by atoms with Gasteiger partial charge in [0.15, 0.2) is 22.4 Å². The number of carbonyl (C=O) groups is 2. The number of Topliss-reactive ketones (excluding diaryl/α,β-unsaturated/α-hetero) is 1. The summed E-state index contributed by atoms with van der Waals surface area (Å²) in [5.41, 5.74) is 5.81. The number of nitrogens with zero attached hydrogens (tertiary/aromatic N) is 3. The smallest absolute Gasteiger partial charge is 0.217 e. The topological polar surface area (TPSA) is 109 Å². The lowest BCUT2D eigenvalue weighted by Crippen LogP contribution is -2.16. The van der Waals surface area contributed by atoms with Gasteiger partial charge in [0, 0.05) is 24.9 Å². The summed E-state index contributed by atoms with van der Waals surface area (Å²) in [6, 6.07) is 5.22. The van der Waals surface area contributed by atoms with Gasteiger partial charge in [0.2, 0.25) is 5.91 Å². The Morgan fingerprint density at radius 1 is 1.21 bits per heavy atom. The van der Waals surface area contributed by atoms with Crippen molar-refractivity contribution in [3.05, 3.63) is 29.6 Å². The van der Waals surface area contributed by atoms with Crippen molar-refractivity contribution in [2.75, 3.05) is 19.0 Å². The van der Waals surface area contributed by atoms with Crippen molar-refractivity contribution in [3.63, 3.8) is 0 Å². The summed E-state index contributed by atoms with van der Waals surface area (Å²) in [7, 11) is 0. The second-order valence-corrected chi connectivity index (χ2v) is 7.88. The molecule has 150 valence electrons. The Balaban J connectivity index is 1.69. The molecule has 1 aromatic carbocycles. The molecule has 0 spiro atoms. The maximum Gasteiger partial charge on any atom is 0.217 e. The SMILES string of the molecule is CC(C)Cn1c(CCC(N)=O)nnc1SCC(=O)c1ccc2c(c1)OCCO2. The predicted octanol–water partition coefficient (Wildman–Crippen LogP) is 2.10. The highest BCUT2D eigenvalue weighted by molar-refractivity contribution is 7.99. The third-order valence-electron chi connectivity index (χ3n) is 4.13. The Kier molecular flexibility index (Phi) is 6.56. The van der Waals surface area contributed by atoms with Crippen LogP contribution in [0.4, 0.5) is 0 Å². The van der Waals surface area contributed by atoms with Crippen LogP contribution in [-0.2, 0) is 17.8 Å². The van der Waals surface area contributed by atoms with Crippen LogP contribution in [0.3, 0.4) is 0 Å². The van der Waals surface area contributed by atoms with Crippen LogP contribution in [0.2, 0.25) is 0 Å². The molecule has 3 rings (SSSR count). The number of primary amides is 1. The second-order valence-electron chi connectivity index (χ2n) is 6.94. The van der Waals surface area contributed by atoms with Crippen molar-refractivity contribution >= 4 is 23.5 Å². The molecule has 0 radical (unpaired) electrons. The zero-order valence-corrected chi connectivity index (χ0v) is 16.8. The molecule has 0 fully saturated rings. The van der Waals surface area contributed by atoms with Crippen molar-refractivity contribution in [3.8, 4) is 11.5 Å². The number of thioether (sulfide) groups is 1. The molecule has 1 aliphatic heterocycles. The average Bonchev–Trinajstić information content (AvgIpc) is 3.05. The van der Waals surface area contributed by atoms with Crippen LogP contribution in [-0.4, -0.2) is 45.4 Å². The van der Waals surface area contributed by atoms with E-state index >= 15 is 0 Å². The number of amides is 1. The Labute approximate surface area is 167 Å². The Hall–Kier alpha value is -2.55. The number of hydrogen-bond donors (Lipinski definition) is 1. The third kappa shape index (κ3) is 5.03. The van der Waals surface area contributed by atoms with Crippen LogP contribution in [0.15, 0.2) is 23.4 Å². The Morgan fingerprint density at radius 2 is 1.96 bits per heavy atom. The van der Waals surface area contributed by atoms with E-state index < -0.39 is 0 Å². The number of hydrogen-bond acceptors (Lipinski definition) is 7. The van der Waals surface area contributed by atoms with E-state index in [4.69, 9.17) is 15.2 Å². The van der Waals surface area contributed by atoms with E-state index in [1.807, 2.05) is 4.57 Å². The van der Waals surface area contributed by atoms with Crippen LogP contribution in [0.25, 0.3) is 0 Å². The van der Waals surface area contributed by atoms with Crippen LogP contribution < -0.4 is 15.2 Å². The molecular formula is C19H24N4O4S. The first-order chi connectivity index (χ1) is 13.4. The Morgan fingerprint density at radius 3 is 2.68 bits per heavy atom. The lowest BCUT2D eigenvalue weighted by atomic mass is 10.1. The zero-order chi connectivity index (χ0) is 20.1. The molecule has 1 aliphatic rings. The molecule has 2 N–H and O–H groups in total. The van der Waals surface area contributed by atoms with E-state index in [0.717, 1.165) is 0 Å². The second kappa shape index (κ2) is 9.09. The molecule has 0 atom stereocenters. The minimum atomic E-state index is -0.373. The lowest BCUT2D eigenvalue weighted by Gasteiger charge is -2.18. The minimum absolute atomic E-state index is 0.0280. The maximum atomic E-state index is 12.6. The fourth-order valence-electron chi connectivity index (χ4n) is 2.82. The molecular weight excluding hydrogens is 380 g/mol. The summed E-state index contributed by atoms with van der Waals surface area (Å²) in [4.78, 5) is 23.7. The number of rotatable bonds is 9. The van der Waals surface area contributed by atoms with Gasteiger partial charge < -0.3 is 19.8 Å². The molecule has 1 amide bonds. The molecule has 2 aromatic rings. The van der Waals surface area contributed by atoms with Gasteiger partial charge in [0.05, 0.1) is 5.75 Å². The number of fused-ring (bicyclic) bond motifs is 1. The highest BCUT2D eigenvalue weighted by atomic mass is 32.2. The summed E-state index contributed by atoms with van der Waals surface area (Å²) < 4.78 is 13.0. The van der Waals surface area contributed by atoms with Crippen LogP contribution in [0, 0.1) is 5.92 Å². The maximum absolute atomic E-state index is 12.6. The predicted molar refractivity (Wildman–Crippen MR) is 105 cm³/mol. The molecule has 8 nitrogen and oxygen atoms in total. The Bertz CT molecular complexity index is 866. The standard InChI is InChI=1S/C19H24N4O4S/c1-12(2)10-23-18(6-5-17(20)25)21-22-19(23)28-11-14(24)13-3-4-15-16(9-13)27-8-7-26-15/h3-4,9,12H,5-8,10-11H2,1-2H3,(H2,20,25). The minimum Gasteiger partial charge on any atom is -0.486 e. The van der Waals surface area contributed by atoms with Gasteiger partial charge >= 0.3 is 0 Å². The van der Waals surface area contributed by atoms with E-state index in [-0.39, 0.29) is 23.9 Å². The van der Waals surface area contributed by atoms with Gasteiger partial charge in [0.1, 0.15) is 19.0 Å². The van der Waals surface area contributed by atoms with Crippen molar-refractivity contribution in [2.45, 2.75) is 38.4 Å². The largest absolute Gasteiger partial charge is 0.486 e. The van der Waals surface area contributed by atoms with Crippen molar-refractivity contribution in [1.82, 2.24) is 14.8 Å². The number of nitrogens with two attached hydrogens (primary N) is 1. The first-order valence-electron chi connectivity index (χ1n) is 9.20. The highest BCUT2D eigenvalue weighted by Gasteiger charge is 2.18. The van der Waals surface area contributed by atoms with Crippen LogP contribution in [0.1, 0.15) is 36.5 Å².